The Labute approximate surface area is 162 Å². The zero-order valence-corrected chi connectivity index (χ0v) is 15.7. The molecule has 1 amide bonds. The maximum absolute atomic E-state index is 13.2. The third kappa shape index (κ3) is 2.81. The van der Waals surface area contributed by atoms with Gasteiger partial charge in [0.05, 0.1) is 23.6 Å². The van der Waals surface area contributed by atoms with Crippen LogP contribution in [0, 0.1) is 6.92 Å². The lowest BCUT2D eigenvalue weighted by Gasteiger charge is -2.27. The van der Waals surface area contributed by atoms with E-state index in [0.717, 1.165) is 37.3 Å². The first-order chi connectivity index (χ1) is 13.7. The molecule has 5 rings (SSSR count). The minimum Gasteiger partial charge on any atom is -0.365 e. The summed E-state index contributed by atoms with van der Waals surface area (Å²) in [7, 11) is 0. The molecule has 1 fully saturated rings. The largest absolute Gasteiger partial charge is 0.365 e. The quantitative estimate of drug-likeness (QED) is 0.681. The highest BCUT2D eigenvalue weighted by Crippen LogP contribution is 2.32. The highest BCUT2D eigenvalue weighted by Gasteiger charge is 2.33. The van der Waals surface area contributed by atoms with E-state index in [2.05, 4.69) is 31.5 Å². The standard InChI is InChI=1S/C20H21N7O/c1-14-22-23-24-27(14)16-8-6-15(7-9-16)20(28)25-12-17-4-3-11-26(17)19-5-2-10-21-18(19)13-25/h2,5-10,17H,3-4,11-13H2,1H3/t17-/m0/s1. The summed E-state index contributed by atoms with van der Waals surface area (Å²) in [5, 5.41) is 11.5. The molecule has 2 aromatic heterocycles. The van der Waals surface area contributed by atoms with Crippen LogP contribution in [-0.2, 0) is 6.54 Å². The summed E-state index contributed by atoms with van der Waals surface area (Å²) in [6.07, 6.45) is 4.07. The molecule has 2 aliphatic rings. The number of rotatable bonds is 2. The molecular formula is C20H21N7O. The Morgan fingerprint density at radius 3 is 2.82 bits per heavy atom. The van der Waals surface area contributed by atoms with E-state index in [4.69, 9.17) is 0 Å². The first-order valence-corrected chi connectivity index (χ1v) is 9.56. The number of amides is 1. The lowest BCUT2D eigenvalue weighted by Crippen LogP contribution is -2.40. The zero-order chi connectivity index (χ0) is 19.1. The lowest BCUT2D eigenvalue weighted by atomic mass is 10.1. The summed E-state index contributed by atoms with van der Waals surface area (Å²) in [4.78, 5) is 22.2. The van der Waals surface area contributed by atoms with Crippen LogP contribution in [-0.4, -0.2) is 55.1 Å². The smallest absolute Gasteiger partial charge is 0.254 e. The number of anilines is 1. The van der Waals surface area contributed by atoms with Crippen molar-refractivity contribution in [2.45, 2.75) is 32.4 Å². The average Bonchev–Trinajstić information content (AvgIpc) is 3.33. The molecule has 142 valence electrons. The molecule has 3 aromatic rings. The molecular weight excluding hydrogens is 354 g/mol. The van der Waals surface area contributed by atoms with Gasteiger partial charge in [0.25, 0.3) is 5.91 Å². The normalized spacial score (nSPS) is 18.5. The molecule has 0 aliphatic carbocycles. The van der Waals surface area contributed by atoms with Gasteiger partial charge in [-0.25, -0.2) is 0 Å². The number of benzene rings is 1. The SMILES string of the molecule is Cc1nnnn1-c1ccc(C(=O)N2Cc3ncccc3N3CCC[C@H]3C2)cc1. The van der Waals surface area contributed by atoms with Crippen LogP contribution in [0.3, 0.4) is 0 Å². The molecule has 2 aliphatic heterocycles. The third-order valence-electron chi connectivity index (χ3n) is 5.60. The van der Waals surface area contributed by atoms with Gasteiger partial charge in [-0.15, -0.1) is 5.10 Å². The van der Waals surface area contributed by atoms with E-state index in [1.165, 1.54) is 5.69 Å². The van der Waals surface area contributed by atoms with E-state index in [-0.39, 0.29) is 5.91 Å². The van der Waals surface area contributed by atoms with Crippen molar-refractivity contribution in [2.75, 3.05) is 18.0 Å². The Bertz CT molecular complexity index is 1010. The van der Waals surface area contributed by atoms with Gasteiger partial charge in [-0.3, -0.25) is 9.78 Å². The molecule has 8 heteroatoms. The van der Waals surface area contributed by atoms with Crippen molar-refractivity contribution in [1.82, 2.24) is 30.1 Å². The molecule has 1 aromatic carbocycles. The van der Waals surface area contributed by atoms with E-state index in [1.54, 1.807) is 10.9 Å². The minimum absolute atomic E-state index is 0.0327. The van der Waals surface area contributed by atoms with Gasteiger partial charge >= 0.3 is 0 Å². The predicted molar refractivity (Wildman–Crippen MR) is 103 cm³/mol. The van der Waals surface area contributed by atoms with Crippen molar-refractivity contribution >= 4 is 11.6 Å². The van der Waals surface area contributed by atoms with Gasteiger partial charge < -0.3 is 9.80 Å². The monoisotopic (exact) mass is 375 g/mol. The number of fused-ring (bicyclic) bond motifs is 3. The molecule has 0 saturated carbocycles. The van der Waals surface area contributed by atoms with Gasteiger partial charge in [-0.2, -0.15) is 4.68 Å². The van der Waals surface area contributed by atoms with Gasteiger partial charge in [0, 0.05) is 30.9 Å². The average molecular weight is 375 g/mol. The van der Waals surface area contributed by atoms with E-state index in [9.17, 15) is 4.79 Å². The van der Waals surface area contributed by atoms with Gasteiger partial charge in [0.15, 0.2) is 5.82 Å². The molecule has 8 nitrogen and oxygen atoms in total. The number of tetrazole rings is 1. The summed E-state index contributed by atoms with van der Waals surface area (Å²) < 4.78 is 1.65. The van der Waals surface area contributed by atoms with Crippen LogP contribution in [0.1, 0.15) is 34.7 Å². The minimum atomic E-state index is 0.0327. The fourth-order valence-electron chi connectivity index (χ4n) is 4.21. The van der Waals surface area contributed by atoms with Crippen LogP contribution >= 0.6 is 0 Å². The maximum atomic E-state index is 13.2. The Balaban J connectivity index is 1.43. The molecule has 0 radical (unpaired) electrons. The number of carbonyl (C=O) groups excluding carboxylic acids is 1. The summed E-state index contributed by atoms with van der Waals surface area (Å²) in [5.74, 6) is 0.737. The van der Waals surface area contributed by atoms with E-state index < -0.39 is 0 Å². The van der Waals surface area contributed by atoms with E-state index >= 15 is 0 Å². The molecule has 1 atom stereocenters. The molecule has 1 saturated heterocycles. The van der Waals surface area contributed by atoms with Gasteiger partial charge in [0.1, 0.15) is 0 Å². The topological polar surface area (TPSA) is 80.0 Å². The fourth-order valence-corrected chi connectivity index (χ4v) is 4.21. The van der Waals surface area contributed by atoms with E-state index in [0.29, 0.717) is 24.0 Å². The molecule has 0 N–H and O–H groups in total. The Hall–Kier alpha value is -3.29. The Morgan fingerprint density at radius 2 is 2.04 bits per heavy atom. The highest BCUT2D eigenvalue weighted by molar-refractivity contribution is 5.94. The van der Waals surface area contributed by atoms with Crippen molar-refractivity contribution in [1.29, 1.82) is 0 Å². The van der Waals surface area contributed by atoms with Crippen LogP contribution in [0.4, 0.5) is 5.69 Å². The molecule has 0 spiro atoms. The second-order valence-corrected chi connectivity index (χ2v) is 7.33. The van der Waals surface area contributed by atoms with Gasteiger partial charge in [-0.05, 0) is 66.6 Å². The van der Waals surface area contributed by atoms with Crippen LogP contribution < -0.4 is 4.90 Å². The van der Waals surface area contributed by atoms with Crippen molar-refractivity contribution in [2.24, 2.45) is 0 Å². The van der Waals surface area contributed by atoms with Crippen LogP contribution in [0.2, 0.25) is 0 Å². The second-order valence-electron chi connectivity index (χ2n) is 7.33. The second kappa shape index (κ2) is 6.70. The Kier molecular flexibility index (Phi) is 4.03. The zero-order valence-electron chi connectivity index (χ0n) is 15.7. The lowest BCUT2D eigenvalue weighted by molar-refractivity contribution is 0.0736. The third-order valence-corrected chi connectivity index (χ3v) is 5.60. The van der Waals surface area contributed by atoms with Crippen molar-refractivity contribution in [3.05, 3.63) is 59.7 Å². The summed E-state index contributed by atoms with van der Waals surface area (Å²) >= 11 is 0. The van der Waals surface area contributed by atoms with Crippen LogP contribution in [0.5, 0.6) is 0 Å². The molecule has 28 heavy (non-hydrogen) atoms. The summed E-state index contributed by atoms with van der Waals surface area (Å²) in [6.45, 7) is 4.14. The van der Waals surface area contributed by atoms with Gasteiger partial charge in [0.2, 0.25) is 0 Å². The van der Waals surface area contributed by atoms with Crippen LogP contribution in [0.15, 0.2) is 42.6 Å². The maximum Gasteiger partial charge on any atom is 0.254 e. The molecule has 4 heterocycles. The first-order valence-electron chi connectivity index (χ1n) is 9.56. The van der Waals surface area contributed by atoms with Crippen molar-refractivity contribution < 1.29 is 4.79 Å². The Morgan fingerprint density at radius 1 is 1.18 bits per heavy atom. The van der Waals surface area contributed by atoms with Gasteiger partial charge in [-0.1, -0.05) is 0 Å². The molecule has 0 bridgehead atoms. The number of pyridine rings is 1. The van der Waals surface area contributed by atoms with E-state index in [1.807, 2.05) is 42.2 Å². The number of carbonyl (C=O) groups is 1. The molecule has 0 unspecified atom stereocenters. The van der Waals surface area contributed by atoms with Crippen molar-refractivity contribution in [3.63, 3.8) is 0 Å². The van der Waals surface area contributed by atoms with Crippen LogP contribution in [0.25, 0.3) is 5.69 Å². The van der Waals surface area contributed by atoms with Crippen molar-refractivity contribution in [3.8, 4) is 5.69 Å². The number of aromatic nitrogens is 5. The summed E-state index contributed by atoms with van der Waals surface area (Å²) in [5.41, 5.74) is 3.65. The summed E-state index contributed by atoms with van der Waals surface area (Å²) in [6, 6.07) is 11.9. The number of aryl methyl sites for hydroxylation is 1. The number of nitrogens with zero attached hydrogens (tertiary/aromatic N) is 7. The number of hydrogen-bond acceptors (Lipinski definition) is 6. The predicted octanol–water partition coefficient (Wildman–Crippen LogP) is 1.99. The number of hydrogen-bond donors (Lipinski definition) is 0. The fraction of sp³-hybridized carbons (Fsp3) is 0.350. The first kappa shape index (κ1) is 16.9. The highest BCUT2D eigenvalue weighted by atomic mass is 16.2.